The Morgan fingerprint density at radius 3 is 2.94 bits per heavy atom. The Labute approximate surface area is 109 Å². The SMILES string of the molecule is CC1(C)CCCCC1C(O)CCc1ccsc1. The number of rotatable bonds is 4. The summed E-state index contributed by atoms with van der Waals surface area (Å²) in [6.07, 6.45) is 6.93. The summed E-state index contributed by atoms with van der Waals surface area (Å²) in [7, 11) is 0. The van der Waals surface area contributed by atoms with Crippen molar-refractivity contribution in [3.63, 3.8) is 0 Å². The molecule has 0 bridgehead atoms. The molecule has 0 amide bonds. The second kappa shape index (κ2) is 5.53. The first-order valence-electron chi connectivity index (χ1n) is 6.79. The van der Waals surface area contributed by atoms with E-state index in [2.05, 4.69) is 30.7 Å². The Morgan fingerprint density at radius 2 is 2.29 bits per heavy atom. The molecule has 0 saturated heterocycles. The highest BCUT2D eigenvalue weighted by atomic mass is 32.1. The van der Waals surface area contributed by atoms with E-state index in [1.807, 2.05) is 0 Å². The lowest BCUT2D eigenvalue weighted by atomic mass is 9.66. The van der Waals surface area contributed by atoms with E-state index >= 15 is 0 Å². The molecule has 2 unspecified atom stereocenters. The number of aryl methyl sites for hydroxylation is 1. The number of hydrogen-bond acceptors (Lipinski definition) is 2. The van der Waals surface area contributed by atoms with Crippen LogP contribution in [0.5, 0.6) is 0 Å². The molecule has 1 aromatic heterocycles. The lowest BCUT2D eigenvalue weighted by Gasteiger charge is -2.41. The third-order valence-corrected chi connectivity index (χ3v) is 5.10. The molecule has 2 atom stereocenters. The molecule has 0 aromatic carbocycles. The van der Waals surface area contributed by atoms with Gasteiger partial charge in [0, 0.05) is 0 Å². The van der Waals surface area contributed by atoms with Crippen molar-refractivity contribution in [3.8, 4) is 0 Å². The van der Waals surface area contributed by atoms with Gasteiger partial charge in [0.1, 0.15) is 0 Å². The van der Waals surface area contributed by atoms with Gasteiger partial charge in [-0.15, -0.1) is 0 Å². The maximum atomic E-state index is 10.4. The molecule has 2 rings (SSSR count). The fourth-order valence-corrected chi connectivity index (χ4v) is 3.89. The monoisotopic (exact) mass is 252 g/mol. The van der Waals surface area contributed by atoms with Crippen LogP contribution in [0, 0.1) is 11.3 Å². The summed E-state index contributed by atoms with van der Waals surface area (Å²) < 4.78 is 0. The van der Waals surface area contributed by atoms with E-state index in [-0.39, 0.29) is 6.10 Å². The van der Waals surface area contributed by atoms with Crippen LogP contribution in [0.2, 0.25) is 0 Å². The van der Waals surface area contributed by atoms with Crippen LogP contribution in [-0.4, -0.2) is 11.2 Å². The van der Waals surface area contributed by atoms with Crippen molar-refractivity contribution in [2.75, 3.05) is 0 Å². The highest BCUT2D eigenvalue weighted by Crippen LogP contribution is 2.43. The molecule has 1 nitrogen and oxygen atoms in total. The largest absolute Gasteiger partial charge is 0.393 e. The molecule has 2 heteroatoms. The molecular formula is C15H24OS. The van der Waals surface area contributed by atoms with Gasteiger partial charge >= 0.3 is 0 Å². The Morgan fingerprint density at radius 1 is 1.47 bits per heavy atom. The van der Waals surface area contributed by atoms with E-state index in [9.17, 15) is 5.11 Å². The Balaban J connectivity index is 1.88. The van der Waals surface area contributed by atoms with Crippen molar-refractivity contribution in [1.29, 1.82) is 0 Å². The van der Waals surface area contributed by atoms with Gasteiger partial charge in [0.05, 0.1) is 6.10 Å². The highest BCUT2D eigenvalue weighted by molar-refractivity contribution is 7.07. The second-order valence-corrected chi connectivity index (χ2v) is 6.86. The lowest BCUT2D eigenvalue weighted by molar-refractivity contribution is 0.00103. The minimum Gasteiger partial charge on any atom is -0.393 e. The van der Waals surface area contributed by atoms with Gasteiger partial charge in [-0.1, -0.05) is 26.7 Å². The molecule has 1 aromatic rings. The second-order valence-electron chi connectivity index (χ2n) is 6.08. The predicted molar refractivity (Wildman–Crippen MR) is 74.4 cm³/mol. The molecule has 1 aliphatic rings. The Hall–Kier alpha value is -0.340. The number of thiophene rings is 1. The summed E-state index contributed by atoms with van der Waals surface area (Å²) in [6.45, 7) is 4.65. The normalized spacial score (nSPS) is 25.7. The smallest absolute Gasteiger partial charge is 0.0576 e. The number of aliphatic hydroxyl groups excluding tert-OH is 1. The standard InChI is InChI=1S/C15H24OS/c1-15(2)9-4-3-5-13(15)14(16)7-6-12-8-10-17-11-12/h8,10-11,13-14,16H,3-7,9H2,1-2H3. The summed E-state index contributed by atoms with van der Waals surface area (Å²) in [6, 6.07) is 2.17. The molecule has 17 heavy (non-hydrogen) atoms. The van der Waals surface area contributed by atoms with Crippen LogP contribution < -0.4 is 0 Å². The van der Waals surface area contributed by atoms with Gasteiger partial charge in [-0.25, -0.2) is 0 Å². The molecule has 1 saturated carbocycles. The van der Waals surface area contributed by atoms with E-state index in [1.165, 1.54) is 31.2 Å². The molecular weight excluding hydrogens is 228 g/mol. The fraction of sp³-hybridized carbons (Fsp3) is 0.733. The zero-order valence-corrected chi connectivity index (χ0v) is 11.8. The topological polar surface area (TPSA) is 20.2 Å². The van der Waals surface area contributed by atoms with E-state index in [4.69, 9.17) is 0 Å². The molecule has 0 radical (unpaired) electrons. The summed E-state index contributed by atoms with van der Waals surface area (Å²) in [5, 5.41) is 14.7. The van der Waals surface area contributed by atoms with E-state index in [1.54, 1.807) is 11.3 Å². The summed E-state index contributed by atoms with van der Waals surface area (Å²) in [5.41, 5.74) is 1.70. The van der Waals surface area contributed by atoms with Gasteiger partial charge in [-0.05, 0) is 59.4 Å². The first kappa shape index (κ1) is 13.1. The maximum absolute atomic E-state index is 10.4. The van der Waals surface area contributed by atoms with Crippen molar-refractivity contribution in [1.82, 2.24) is 0 Å². The van der Waals surface area contributed by atoms with Crippen LogP contribution in [-0.2, 0) is 6.42 Å². The zero-order valence-electron chi connectivity index (χ0n) is 11.0. The lowest BCUT2D eigenvalue weighted by Crippen LogP contribution is -2.37. The highest BCUT2D eigenvalue weighted by Gasteiger charge is 2.36. The molecule has 0 spiro atoms. The molecule has 1 aliphatic carbocycles. The predicted octanol–water partition coefficient (Wildman–Crippen LogP) is 4.26. The molecule has 1 N–H and O–H groups in total. The minimum absolute atomic E-state index is 0.120. The van der Waals surface area contributed by atoms with Crippen LogP contribution in [0.25, 0.3) is 0 Å². The quantitative estimate of drug-likeness (QED) is 0.849. The average molecular weight is 252 g/mol. The van der Waals surface area contributed by atoms with E-state index < -0.39 is 0 Å². The minimum atomic E-state index is -0.120. The van der Waals surface area contributed by atoms with Crippen LogP contribution >= 0.6 is 11.3 Å². The summed E-state index contributed by atoms with van der Waals surface area (Å²) in [4.78, 5) is 0. The first-order valence-corrected chi connectivity index (χ1v) is 7.73. The van der Waals surface area contributed by atoms with Gasteiger partial charge < -0.3 is 5.11 Å². The maximum Gasteiger partial charge on any atom is 0.0576 e. The zero-order chi connectivity index (χ0) is 12.3. The van der Waals surface area contributed by atoms with E-state index in [0.29, 0.717) is 11.3 Å². The number of hydrogen-bond donors (Lipinski definition) is 1. The molecule has 96 valence electrons. The first-order chi connectivity index (χ1) is 8.09. The van der Waals surface area contributed by atoms with Crippen LogP contribution in [0.4, 0.5) is 0 Å². The Kier molecular flexibility index (Phi) is 4.26. The third-order valence-electron chi connectivity index (χ3n) is 4.36. The van der Waals surface area contributed by atoms with Crippen molar-refractivity contribution in [2.24, 2.45) is 11.3 Å². The van der Waals surface area contributed by atoms with Crippen molar-refractivity contribution in [3.05, 3.63) is 22.4 Å². The van der Waals surface area contributed by atoms with Gasteiger partial charge in [0.25, 0.3) is 0 Å². The molecule has 0 aliphatic heterocycles. The molecule has 1 fully saturated rings. The molecule has 1 heterocycles. The van der Waals surface area contributed by atoms with Crippen molar-refractivity contribution >= 4 is 11.3 Å². The summed E-state index contributed by atoms with van der Waals surface area (Å²) >= 11 is 1.74. The fourth-order valence-electron chi connectivity index (χ4n) is 3.18. The van der Waals surface area contributed by atoms with Gasteiger partial charge in [0.2, 0.25) is 0 Å². The number of aliphatic hydroxyl groups is 1. The third kappa shape index (κ3) is 3.32. The van der Waals surface area contributed by atoms with Gasteiger partial charge in [0.15, 0.2) is 0 Å². The van der Waals surface area contributed by atoms with Crippen LogP contribution in [0.15, 0.2) is 16.8 Å². The Bertz CT molecular complexity index is 329. The summed E-state index contributed by atoms with van der Waals surface area (Å²) in [5.74, 6) is 0.495. The van der Waals surface area contributed by atoms with Crippen LogP contribution in [0.3, 0.4) is 0 Å². The van der Waals surface area contributed by atoms with E-state index in [0.717, 1.165) is 12.8 Å². The van der Waals surface area contributed by atoms with Gasteiger partial charge in [-0.3, -0.25) is 0 Å². The van der Waals surface area contributed by atoms with Crippen molar-refractivity contribution in [2.45, 2.75) is 58.5 Å². The van der Waals surface area contributed by atoms with Crippen LogP contribution in [0.1, 0.15) is 51.5 Å². The average Bonchev–Trinajstić information content (AvgIpc) is 2.78. The van der Waals surface area contributed by atoms with Crippen molar-refractivity contribution < 1.29 is 5.11 Å². The van der Waals surface area contributed by atoms with Gasteiger partial charge in [-0.2, -0.15) is 11.3 Å².